The number of piperazine rings is 1. The molecular weight excluding hydrogens is 362 g/mol. The molecule has 0 aliphatic carbocycles. The molecule has 0 unspecified atom stereocenters. The zero-order valence-corrected chi connectivity index (χ0v) is 16.8. The summed E-state index contributed by atoms with van der Waals surface area (Å²) in [6.45, 7) is 7.64. The monoisotopic (exact) mass is 387 g/mol. The number of rotatable bonds is 4. The van der Waals surface area contributed by atoms with Crippen LogP contribution in [0.25, 0.3) is 0 Å². The van der Waals surface area contributed by atoms with Gasteiger partial charge in [0.05, 0.1) is 0 Å². The van der Waals surface area contributed by atoms with Crippen molar-refractivity contribution >= 4 is 23.2 Å². The minimum atomic E-state index is -0.161. The second kappa shape index (κ2) is 8.31. The van der Waals surface area contributed by atoms with Gasteiger partial charge in [0.2, 0.25) is 0 Å². The fraction of sp³-hybridized carbons (Fsp3) is 0.261. The molecule has 0 atom stereocenters. The molecular formula is C23H25N5O. The molecule has 148 valence electrons. The van der Waals surface area contributed by atoms with Crippen LogP contribution in [-0.2, 0) is 0 Å². The Balaban J connectivity index is 1.41. The number of benzene rings is 2. The molecule has 2 heterocycles. The van der Waals surface area contributed by atoms with Crippen molar-refractivity contribution in [1.82, 2.24) is 9.97 Å². The Morgan fingerprint density at radius 2 is 1.59 bits per heavy atom. The van der Waals surface area contributed by atoms with Crippen LogP contribution < -0.4 is 15.1 Å². The Bertz CT molecular complexity index is 997. The van der Waals surface area contributed by atoms with E-state index in [0.717, 1.165) is 37.6 Å². The fourth-order valence-corrected chi connectivity index (χ4v) is 3.49. The molecule has 6 nitrogen and oxygen atoms in total. The van der Waals surface area contributed by atoms with Crippen LogP contribution in [0.4, 0.5) is 17.3 Å². The molecule has 6 heteroatoms. The van der Waals surface area contributed by atoms with Gasteiger partial charge in [-0.1, -0.05) is 24.3 Å². The van der Waals surface area contributed by atoms with Crippen molar-refractivity contribution in [3.8, 4) is 0 Å². The third-order valence-electron chi connectivity index (χ3n) is 5.39. The van der Waals surface area contributed by atoms with E-state index in [2.05, 4.69) is 49.4 Å². The van der Waals surface area contributed by atoms with Gasteiger partial charge < -0.3 is 15.1 Å². The molecule has 1 aliphatic rings. The number of amides is 1. The van der Waals surface area contributed by atoms with E-state index in [0.29, 0.717) is 11.4 Å². The molecule has 29 heavy (non-hydrogen) atoms. The highest BCUT2D eigenvalue weighted by Crippen LogP contribution is 2.20. The fourth-order valence-electron chi connectivity index (χ4n) is 3.49. The first-order chi connectivity index (χ1) is 14.1. The molecule has 4 rings (SSSR count). The van der Waals surface area contributed by atoms with Crippen LogP contribution in [0.15, 0.2) is 60.9 Å². The summed E-state index contributed by atoms with van der Waals surface area (Å²) in [4.78, 5) is 25.8. The van der Waals surface area contributed by atoms with Gasteiger partial charge in [0, 0.05) is 43.5 Å². The van der Waals surface area contributed by atoms with Crippen molar-refractivity contribution in [3.63, 3.8) is 0 Å². The van der Waals surface area contributed by atoms with Crippen molar-refractivity contribution in [2.45, 2.75) is 13.8 Å². The number of aryl methyl sites for hydroxylation is 2. The van der Waals surface area contributed by atoms with Crippen molar-refractivity contribution in [3.05, 3.63) is 77.6 Å². The van der Waals surface area contributed by atoms with Gasteiger partial charge in [0.25, 0.3) is 5.91 Å². The molecule has 1 amide bonds. The summed E-state index contributed by atoms with van der Waals surface area (Å²) < 4.78 is 0. The lowest BCUT2D eigenvalue weighted by molar-refractivity contribution is 0.102. The average Bonchev–Trinajstić information content (AvgIpc) is 2.76. The van der Waals surface area contributed by atoms with Crippen LogP contribution in [0.3, 0.4) is 0 Å². The molecule has 1 aliphatic heterocycles. The van der Waals surface area contributed by atoms with E-state index in [1.165, 1.54) is 17.6 Å². The number of nitrogens with zero attached hydrogens (tertiary/aromatic N) is 4. The standard InChI is InChI=1S/C23H25N5O/c1-17-8-9-19(14-18(17)2)23(29)26-21-15-22(25-16-24-21)28-12-10-27(11-13-28)20-6-4-3-5-7-20/h3-9,14-16H,10-13H2,1-2H3,(H,24,25,26,29). The van der Waals surface area contributed by atoms with Gasteiger partial charge in [0.1, 0.15) is 18.0 Å². The number of para-hydroxylation sites is 1. The molecule has 3 aromatic rings. The summed E-state index contributed by atoms with van der Waals surface area (Å²) in [5.74, 6) is 1.19. The SMILES string of the molecule is Cc1ccc(C(=O)Nc2cc(N3CCN(c4ccccc4)CC3)ncn2)cc1C. The van der Waals surface area contributed by atoms with E-state index in [-0.39, 0.29) is 5.91 Å². The summed E-state index contributed by atoms with van der Waals surface area (Å²) in [7, 11) is 0. The van der Waals surface area contributed by atoms with Crippen molar-refractivity contribution < 1.29 is 4.79 Å². The number of anilines is 3. The average molecular weight is 387 g/mol. The van der Waals surface area contributed by atoms with E-state index >= 15 is 0 Å². The van der Waals surface area contributed by atoms with Gasteiger partial charge >= 0.3 is 0 Å². The highest BCUT2D eigenvalue weighted by atomic mass is 16.1. The highest BCUT2D eigenvalue weighted by molar-refractivity contribution is 6.04. The molecule has 2 aromatic carbocycles. The van der Waals surface area contributed by atoms with Gasteiger partial charge in [-0.05, 0) is 49.2 Å². The predicted molar refractivity (Wildman–Crippen MR) is 117 cm³/mol. The van der Waals surface area contributed by atoms with Crippen molar-refractivity contribution in [2.24, 2.45) is 0 Å². The summed E-state index contributed by atoms with van der Waals surface area (Å²) in [6, 6.07) is 18.0. The third kappa shape index (κ3) is 4.37. The maximum absolute atomic E-state index is 12.6. The smallest absolute Gasteiger partial charge is 0.256 e. The van der Waals surface area contributed by atoms with Gasteiger partial charge in [-0.15, -0.1) is 0 Å². The first kappa shape index (κ1) is 18.9. The highest BCUT2D eigenvalue weighted by Gasteiger charge is 2.19. The number of carbonyl (C=O) groups is 1. The molecule has 1 N–H and O–H groups in total. The number of hydrogen-bond donors (Lipinski definition) is 1. The van der Waals surface area contributed by atoms with Gasteiger partial charge in [0.15, 0.2) is 0 Å². The van der Waals surface area contributed by atoms with Crippen LogP contribution in [0, 0.1) is 13.8 Å². The zero-order chi connectivity index (χ0) is 20.2. The predicted octanol–water partition coefficient (Wildman–Crippen LogP) is 3.67. The minimum absolute atomic E-state index is 0.161. The molecule has 0 radical (unpaired) electrons. The normalized spacial score (nSPS) is 14.0. The van der Waals surface area contributed by atoms with Crippen molar-refractivity contribution in [1.29, 1.82) is 0 Å². The Morgan fingerprint density at radius 1 is 0.862 bits per heavy atom. The topological polar surface area (TPSA) is 61.4 Å². The van der Waals surface area contributed by atoms with Crippen LogP contribution in [0.5, 0.6) is 0 Å². The second-order valence-electron chi connectivity index (χ2n) is 7.32. The van der Waals surface area contributed by atoms with E-state index in [1.807, 2.05) is 44.2 Å². The zero-order valence-electron chi connectivity index (χ0n) is 16.8. The summed E-state index contributed by atoms with van der Waals surface area (Å²) in [5.41, 5.74) is 4.14. The molecule has 1 saturated heterocycles. The van der Waals surface area contributed by atoms with Gasteiger partial charge in [-0.3, -0.25) is 4.79 Å². The number of aromatic nitrogens is 2. The van der Waals surface area contributed by atoms with Crippen LogP contribution >= 0.6 is 0 Å². The molecule has 1 aromatic heterocycles. The molecule has 0 saturated carbocycles. The van der Waals surface area contributed by atoms with Crippen LogP contribution in [-0.4, -0.2) is 42.1 Å². The van der Waals surface area contributed by atoms with Gasteiger partial charge in [-0.25, -0.2) is 9.97 Å². The molecule has 0 spiro atoms. The van der Waals surface area contributed by atoms with Crippen LogP contribution in [0.2, 0.25) is 0 Å². The van der Waals surface area contributed by atoms with E-state index < -0.39 is 0 Å². The molecule has 0 bridgehead atoms. The Morgan fingerprint density at radius 3 is 2.31 bits per heavy atom. The lowest BCUT2D eigenvalue weighted by Gasteiger charge is -2.36. The van der Waals surface area contributed by atoms with E-state index in [1.54, 1.807) is 0 Å². The second-order valence-corrected chi connectivity index (χ2v) is 7.32. The first-order valence-electron chi connectivity index (χ1n) is 9.86. The third-order valence-corrected chi connectivity index (χ3v) is 5.39. The lowest BCUT2D eigenvalue weighted by Crippen LogP contribution is -2.46. The number of carbonyl (C=O) groups excluding carboxylic acids is 1. The Labute approximate surface area is 171 Å². The molecule has 1 fully saturated rings. The quantitative estimate of drug-likeness (QED) is 0.740. The minimum Gasteiger partial charge on any atom is -0.368 e. The maximum Gasteiger partial charge on any atom is 0.256 e. The number of hydrogen-bond acceptors (Lipinski definition) is 5. The lowest BCUT2D eigenvalue weighted by atomic mass is 10.1. The van der Waals surface area contributed by atoms with Crippen LogP contribution in [0.1, 0.15) is 21.5 Å². The summed E-state index contributed by atoms with van der Waals surface area (Å²) >= 11 is 0. The largest absolute Gasteiger partial charge is 0.368 e. The van der Waals surface area contributed by atoms with E-state index in [4.69, 9.17) is 0 Å². The summed E-state index contributed by atoms with van der Waals surface area (Å²) in [5, 5.41) is 2.89. The maximum atomic E-state index is 12.6. The number of nitrogens with one attached hydrogen (secondary N) is 1. The Kier molecular flexibility index (Phi) is 5.42. The summed E-state index contributed by atoms with van der Waals surface area (Å²) in [6.07, 6.45) is 1.51. The Hall–Kier alpha value is -3.41. The van der Waals surface area contributed by atoms with Gasteiger partial charge in [-0.2, -0.15) is 0 Å². The van der Waals surface area contributed by atoms with Crippen molar-refractivity contribution in [2.75, 3.05) is 41.3 Å². The first-order valence-corrected chi connectivity index (χ1v) is 9.86. The van der Waals surface area contributed by atoms with E-state index in [9.17, 15) is 4.79 Å².